The third kappa shape index (κ3) is 7.06. The second-order valence-corrected chi connectivity index (χ2v) is 11.2. The Morgan fingerprint density at radius 1 is 0.921 bits per heavy atom. The monoisotopic (exact) mass is 531 g/mol. The number of likely N-dealkylation sites (tertiary alicyclic amines) is 1. The van der Waals surface area contributed by atoms with Crippen molar-refractivity contribution >= 4 is 23.5 Å². The topological polar surface area (TPSA) is 55.8 Å². The number of carbonyl (C=O) groups excluding carboxylic acids is 2. The Kier molecular flexibility index (Phi) is 9.29. The molecule has 1 heterocycles. The van der Waals surface area contributed by atoms with Crippen LogP contribution in [-0.4, -0.2) is 48.2 Å². The number of esters is 1. The number of carbonyl (C=O) groups is 2. The Morgan fingerprint density at radius 2 is 1.61 bits per heavy atom. The van der Waals surface area contributed by atoms with Gasteiger partial charge in [-0.1, -0.05) is 54.6 Å². The molecule has 0 saturated carbocycles. The minimum atomic E-state index is -1.07. The normalized spacial score (nSPS) is 17.8. The second-order valence-electron chi connectivity index (χ2n) is 10.3. The number of ether oxygens (including phenoxy) is 2. The average molecular weight is 532 g/mol. The Morgan fingerprint density at radius 3 is 2.24 bits per heavy atom. The summed E-state index contributed by atoms with van der Waals surface area (Å²) in [6.07, 6.45) is 2.84. The van der Waals surface area contributed by atoms with Gasteiger partial charge in [0.25, 0.3) is 0 Å². The van der Waals surface area contributed by atoms with Crippen molar-refractivity contribution in [1.82, 2.24) is 4.90 Å². The number of benzene rings is 3. The van der Waals surface area contributed by atoms with E-state index in [4.69, 9.17) is 9.47 Å². The zero-order valence-corrected chi connectivity index (χ0v) is 23.5. The van der Waals surface area contributed by atoms with Gasteiger partial charge in [-0.2, -0.15) is 0 Å². The second kappa shape index (κ2) is 12.6. The first-order chi connectivity index (χ1) is 18.3. The number of hydrogen-bond acceptors (Lipinski definition) is 6. The number of nitrogens with zero attached hydrogens (tertiary/aromatic N) is 1. The van der Waals surface area contributed by atoms with Gasteiger partial charge >= 0.3 is 5.97 Å². The molecule has 2 atom stereocenters. The fourth-order valence-corrected chi connectivity index (χ4v) is 5.45. The number of Topliss-reactive ketones (excluding diaryl/α,β-unsaturated/α-hetero) is 1. The van der Waals surface area contributed by atoms with Crippen LogP contribution >= 0.6 is 11.8 Å². The fraction of sp³-hybridized carbons (Fsp3) is 0.375. The van der Waals surface area contributed by atoms with Crippen LogP contribution in [0, 0.1) is 11.8 Å². The number of thioether (sulfide) groups is 1. The molecule has 0 bridgehead atoms. The van der Waals surface area contributed by atoms with E-state index in [9.17, 15) is 9.59 Å². The maximum atomic E-state index is 13.7. The first-order valence-corrected chi connectivity index (χ1v) is 14.4. The molecule has 2 unspecified atom stereocenters. The van der Waals surface area contributed by atoms with Crippen molar-refractivity contribution in [3.8, 4) is 5.75 Å². The SMILES string of the molecule is CCOC(=O)C(C)(C)Oc1ccc(CC2CN(Cc3ccccc3)CC2C(=O)c2ccc(SC)cc2)cc1. The minimum absolute atomic E-state index is 0.0717. The molecular formula is C32H37NO4S. The molecule has 6 heteroatoms. The van der Waals surface area contributed by atoms with Crippen LogP contribution in [0.2, 0.25) is 0 Å². The molecule has 0 aromatic heterocycles. The van der Waals surface area contributed by atoms with Gasteiger partial charge in [0.2, 0.25) is 0 Å². The summed E-state index contributed by atoms with van der Waals surface area (Å²) in [5.74, 6) is 0.576. The zero-order chi connectivity index (χ0) is 27.1. The quantitative estimate of drug-likeness (QED) is 0.164. The Balaban J connectivity index is 1.49. The lowest BCUT2D eigenvalue weighted by atomic mass is 9.84. The maximum absolute atomic E-state index is 13.7. The predicted octanol–water partition coefficient (Wildman–Crippen LogP) is 6.30. The predicted molar refractivity (Wildman–Crippen MR) is 153 cm³/mol. The van der Waals surface area contributed by atoms with Gasteiger partial charge in [0.1, 0.15) is 5.75 Å². The standard InChI is InChI=1S/C32H37NO4S/c1-5-36-31(35)32(2,3)37-27-15-11-23(12-16-27)19-26-21-33(20-24-9-7-6-8-10-24)22-29(26)30(34)25-13-17-28(38-4)18-14-25/h6-18,26,29H,5,19-22H2,1-4H3. The van der Waals surface area contributed by atoms with Gasteiger partial charge in [0, 0.05) is 36.0 Å². The highest BCUT2D eigenvalue weighted by molar-refractivity contribution is 7.98. The average Bonchev–Trinajstić information content (AvgIpc) is 3.31. The van der Waals surface area contributed by atoms with E-state index in [0.29, 0.717) is 12.4 Å². The summed E-state index contributed by atoms with van der Waals surface area (Å²) in [4.78, 5) is 29.4. The van der Waals surface area contributed by atoms with Crippen LogP contribution in [0.3, 0.4) is 0 Å². The lowest BCUT2D eigenvalue weighted by molar-refractivity contribution is -0.158. The molecule has 38 heavy (non-hydrogen) atoms. The van der Waals surface area contributed by atoms with Crippen LogP contribution < -0.4 is 4.74 Å². The summed E-state index contributed by atoms with van der Waals surface area (Å²) in [5, 5.41) is 0. The van der Waals surface area contributed by atoms with E-state index in [-0.39, 0.29) is 23.6 Å². The largest absolute Gasteiger partial charge is 0.476 e. The van der Waals surface area contributed by atoms with E-state index in [2.05, 4.69) is 29.2 Å². The lowest BCUT2D eigenvalue weighted by Gasteiger charge is -2.24. The third-order valence-corrected chi connectivity index (χ3v) is 7.78. The zero-order valence-electron chi connectivity index (χ0n) is 22.7. The molecule has 1 aliphatic rings. The molecule has 5 nitrogen and oxygen atoms in total. The van der Waals surface area contributed by atoms with Gasteiger partial charge in [0.15, 0.2) is 11.4 Å². The molecule has 1 fully saturated rings. The molecular weight excluding hydrogens is 494 g/mol. The van der Waals surface area contributed by atoms with Crippen molar-refractivity contribution in [2.24, 2.45) is 11.8 Å². The van der Waals surface area contributed by atoms with Gasteiger partial charge in [-0.3, -0.25) is 9.69 Å². The Labute approximate surface area is 230 Å². The number of hydrogen-bond donors (Lipinski definition) is 0. The highest BCUT2D eigenvalue weighted by Gasteiger charge is 2.38. The van der Waals surface area contributed by atoms with E-state index in [1.807, 2.05) is 60.9 Å². The summed E-state index contributed by atoms with van der Waals surface area (Å²) in [7, 11) is 0. The molecule has 0 amide bonds. The van der Waals surface area contributed by atoms with Crippen molar-refractivity contribution in [2.45, 2.75) is 44.2 Å². The summed E-state index contributed by atoms with van der Waals surface area (Å²) < 4.78 is 11.0. The Bertz CT molecular complexity index is 1210. The molecule has 3 aromatic carbocycles. The van der Waals surface area contributed by atoms with Gasteiger partial charge < -0.3 is 9.47 Å². The highest BCUT2D eigenvalue weighted by atomic mass is 32.2. The van der Waals surface area contributed by atoms with Crippen molar-refractivity contribution in [3.05, 3.63) is 95.6 Å². The van der Waals surface area contributed by atoms with Crippen molar-refractivity contribution in [2.75, 3.05) is 26.0 Å². The van der Waals surface area contributed by atoms with Crippen LogP contribution in [-0.2, 0) is 22.5 Å². The molecule has 1 saturated heterocycles. The van der Waals surface area contributed by atoms with E-state index in [1.165, 1.54) is 5.56 Å². The molecule has 0 radical (unpaired) electrons. The summed E-state index contributed by atoms with van der Waals surface area (Å²) in [6.45, 7) is 7.96. The van der Waals surface area contributed by atoms with Crippen LogP contribution in [0.4, 0.5) is 0 Å². The van der Waals surface area contributed by atoms with E-state index < -0.39 is 5.60 Å². The highest BCUT2D eigenvalue weighted by Crippen LogP contribution is 2.32. The fourth-order valence-electron chi connectivity index (χ4n) is 5.04. The lowest BCUT2D eigenvalue weighted by Crippen LogP contribution is -2.39. The molecule has 3 aromatic rings. The summed E-state index contributed by atoms with van der Waals surface area (Å²) in [6, 6.07) is 26.3. The first kappa shape index (κ1) is 27.9. The van der Waals surface area contributed by atoms with Gasteiger partial charge in [-0.15, -0.1) is 11.8 Å². The first-order valence-electron chi connectivity index (χ1n) is 13.2. The van der Waals surface area contributed by atoms with Gasteiger partial charge in [-0.05, 0) is 74.8 Å². The third-order valence-electron chi connectivity index (χ3n) is 7.04. The molecule has 1 aliphatic heterocycles. The van der Waals surface area contributed by atoms with Gasteiger partial charge in [-0.25, -0.2) is 4.79 Å². The van der Waals surface area contributed by atoms with Crippen molar-refractivity contribution in [3.63, 3.8) is 0 Å². The minimum Gasteiger partial charge on any atom is -0.476 e. The van der Waals surface area contributed by atoms with Crippen molar-refractivity contribution in [1.29, 1.82) is 0 Å². The maximum Gasteiger partial charge on any atom is 0.349 e. The smallest absolute Gasteiger partial charge is 0.349 e. The van der Waals surface area contributed by atoms with Crippen LogP contribution in [0.1, 0.15) is 42.3 Å². The van der Waals surface area contributed by atoms with Crippen molar-refractivity contribution < 1.29 is 19.1 Å². The summed E-state index contributed by atoms with van der Waals surface area (Å²) >= 11 is 1.68. The van der Waals surface area contributed by atoms with Crippen LogP contribution in [0.25, 0.3) is 0 Å². The molecule has 200 valence electrons. The summed E-state index contributed by atoms with van der Waals surface area (Å²) in [5.41, 5.74) is 2.12. The molecule has 4 rings (SSSR count). The molecule has 0 spiro atoms. The Hall–Kier alpha value is -3.09. The number of ketones is 1. The van der Waals surface area contributed by atoms with Crippen LogP contribution in [0.5, 0.6) is 5.75 Å². The molecule has 0 aliphatic carbocycles. The van der Waals surface area contributed by atoms with E-state index >= 15 is 0 Å². The van der Waals surface area contributed by atoms with Crippen LogP contribution in [0.15, 0.2) is 83.8 Å². The number of rotatable bonds is 11. The van der Waals surface area contributed by atoms with E-state index in [0.717, 1.165) is 42.1 Å². The van der Waals surface area contributed by atoms with Gasteiger partial charge in [0.05, 0.1) is 6.61 Å². The van der Waals surface area contributed by atoms with E-state index in [1.54, 1.807) is 32.5 Å². The molecule has 0 N–H and O–H groups in total.